The summed E-state index contributed by atoms with van der Waals surface area (Å²) in [6, 6.07) is 3.76. The summed E-state index contributed by atoms with van der Waals surface area (Å²) in [5.74, 6) is 0.492. The molecule has 2 amide bonds. The van der Waals surface area contributed by atoms with Crippen molar-refractivity contribution >= 4 is 17.5 Å². The van der Waals surface area contributed by atoms with Crippen LogP contribution in [-0.2, 0) is 9.59 Å². The van der Waals surface area contributed by atoms with E-state index in [4.69, 9.17) is 0 Å². The Labute approximate surface area is 153 Å². The van der Waals surface area contributed by atoms with Crippen molar-refractivity contribution < 1.29 is 9.59 Å². The monoisotopic (exact) mass is 355 g/mol. The van der Waals surface area contributed by atoms with Gasteiger partial charge in [0.15, 0.2) is 5.65 Å². The van der Waals surface area contributed by atoms with Crippen LogP contribution in [0.3, 0.4) is 0 Å². The Morgan fingerprint density at radius 2 is 1.92 bits per heavy atom. The van der Waals surface area contributed by atoms with Crippen LogP contribution >= 0.6 is 0 Å². The molecule has 0 saturated carbocycles. The Hall–Kier alpha value is -2.44. The lowest BCUT2D eigenvalue weighted by atomic mass is 9.92. The van der Waals surface area contributed by atoms with Gasteiger partial charge in [-0.1, -0.05) is 0 Å². The largest absolute Gasteiger partial charge is 0.341 e. The Kier molecular flexibility index (Phi) is 4.38. The lowest BCUT2D eigenvalue weighted by Gasteiger charge is -2.35. The van der Waals surface area contributed by atoms with E-state index in [2.05, 4.69) is 10.1 Å². The van der Waals surface area contributed by atoms with Crippen LogP contribution in [0.1, 0.15) is 49.9 Å². The molecule has 0 N–H and O–H groups in total. The van der Waals surface area contributed by atoms with Crippen molar-refractivity contribution in [3.63, 3.8) is 0 Å². The molecule has 2 fully saturated rings. The van der Waals surface area contributed by atoms with E-state index >= 15 is 0 Å². The third kappa shape index (κ3) is 2.95. The topological polar surface area (TPSA) is 70.8 Å². The minimum absolute atomic E-state index is 0.00367. The average molecular weight is 355 g/mol. The molecular weight excluding hydrogens is 330 g/mol. The molecule has 2 aliphatic rings. The summed E-state index contributed by atoms with van der Waals surface area (Å²) in [7, 11) is 0. The van der Waals surface area contributed by atoms with Crippen molar-refractivity contribution in [1.82, 2.24) is 24.4 Å². The van der Waals surface area contributed by atoms with Gasteiger partial charge in [-0.2, -0.15) is 5.10 Å². The molecule has 0 bridgehead atoms. The summed E-state index contributed by atoms with van der Waals surface area (Å²) in [5.41, 5.74) is 3.01. The second-order valence-electron chi connectivity index (χ2n) is 7.40. The van der Waals surface area contributed by atoms with Gasteiger partial charge in [-0.3, -0.25) is 9.59 Å². The fourth-order valence-electron chi connectivity index (χ4n) is 4.34. The van der Waals surface area contributed by atoms with Crippen LogP contribution < -0.4 is 0 Å². The number of hydrogen-bond donors (Lipinski definition) is 0. The fraction of sp³-hybridized carbons (Fsp3) is 0.579. The van der Waals surface area contributed by atoms with Crippen molar-refractivity contribution in [2.75, 3.05) is 19.6 Å². The second kappa shape index (κ2) is 6.70. The molecule has 7 heteroatoms. The van der Waals surface area contributed by atoms with E-state index < -0.39 is 0 Å². The van der Waals surface area contributed by atoms with Crippen molar-refractivity contribution in [2.45, 2.75) is 51.5 Å². The molecule has 2 saturated heterocycles. The first-order valence-electron chi connectivity index (χ1n) is 9.42. The molecule has 0 aliphatic carbocycles. The Balaban J connectivity index is 1.45. The van der Waals surface area contributed by atoms with Crippen molar-refractivity contribution in [3.8, 4) is 0 Å². The van der Waals surface area contributed by atoms with Gasteiger partial charge in [-0.25, -0.2) is 9.50 Å². The third-order valence-corrected chi connectivity index (χ3v) is 5.68. The van der Waals surface area contributed by atoms with E-state index in [-0.39, 0.29) is 17.9 Å². The number of fused-ring (bicyclic) bond motifs is 1. The standard InChI is InChI=1S/C19H25N5O2/c1-13-12-18-20-8-5-16(24(18)21-13)15-6-10-22(11-7-15)19(26)17-4-3-9-23(17)14(2)25/h5,8,12,15,17H,3-4,6-7,9-11H2,1-2H3/t17-/m1/s1. The van der Waals surface area contributed by atoms with Crippen molar-refractivity contribution in [2.24, 2.45) is 0 Å². The van der Waals surface area contributed by atoms with Crippen LogP contribution in [0.25, 0.3) is 5.65 Å². The van der Waals surface area contributed by atoms with Gasteiger partial charge in [0.25, 0.3) is 0 Å². The number of carbonyl (C=O) groups is 2. The SMILES string of the molecule is CC(=O)N1CCC[C@@H]1C(=O)N1CCC(c2ccnc3cc(C)nn23)CC1. The minimum Gasteiger partial charge on any atom is -0.341 e. The molecule has 0 aromatic carbocycles. The molecule has 1 atom stereocenters. The minimum atomic E-state index is -0.259. The summed E-state index contributed by atoms with van der Waals surface area (Å²) in [6.45, 7) is 5.70. The summed E-state index contributed by atoms with van der Waals surface area (Å²) in [6.07, 6.45) is 5.37. The number of aryl methyl sites for hydroxylation is 1. The maximum atomic E-state index is 12.9. The number of carbonyl (C=O) groups excluding carboxylic acids is 2. The van der Waals surface area contributed by atoms with Crippen LogP contribution in [0, 0.1) is 6.92 Å². The smallest absolute Gasteiger partial charge is 0.245 e. The maximum absolute atomic E-state index is 12.9. The number of piperidine rings is 1. The Morgan fingerprint density at radius 3 is 2.65 bits per heavy atom. The van der Waals surface area contributed by atoms with E-state index in [1.165, 1.54) is 5.69 Å². The van der Waals surface area contributed by atoms with E-state index in [1.54, 1.807) is 11.8 Å². The molecule has 2 aromatic heterocycles. The van der Waals surface area contributed by atoms with E-state index in [9.17, 15) is 9.59 Å². The Morgan fingerprint density at radius 1 is 1.15 bits per heavy atom. The Bertz CT molecular complexity index is 838. The summed E-state index contributed by atoms with van der Waals surface area (Å²) in [4.78, 5) is 32.7. The molecule has 0 spiro atoms. The van der Waals surface area contributed by atoms with Gasteiger partial charge in [0, 0.05) is 50.4 Å². The van der Waals surface area contributed by atoms with Crippen LogP contribution in [0.5, 0.6) is 0 Å². The molecule has 26 heavy (non-hydrogen) atoms. The zero-order valence-corrected chi connectivity index (χ0v) is 15.4. The predicted octanol–water partition coefficient (Wildman–Crippen LogP) is 1.75. The van der Waals surface area contributed by atoms with Gasteiger partial charge < -0.3 is 9.80 Å². The summed E-state index contributed by atoms with van der Waals surface area (Å²) < 4.78 is 1.94. The molecule has 2 aliphatic heterocycles. The molecule has 4 heterocycles. The maximum Gasteiger partial charge on any atom is 0.245 e. The summed E-state index contributed by atoms with van der Waals surface area (Å²) in [5, 5.41) is 4.56. The fourth-order valence-corrected chi connectivity index (χ4v) is 4.34. The van der Waals surface area contributed by atoms with Crippen LogP contribution in [0.2, 0.25) is 0 Å². The van der Waals surface area contributed by atoms with E-state index in [0.29, 0.717) is 12.5 Å². The zero-order valence-electron chi connectivity index (χ0n) is 15.4. The number of rotatable bonds is 2. The average Bonchev–Trinajstić information content (AvgIpc) is 3.26. The molecular formula is C19H25N5O2. The number of likely N-dealkylation sites (tertiary alicyclic amines) is 2. The summed E-state index contributed by atoms with van der Waals surface area (Å²) >= 11 is 0. The number of amides is 2. The highest BCUT2D eigenvalue weighted by Crippen LogP contribution is 2.29. The number of nitrogens with zero attached hydrogens (tertiary/aromatic N) is 5. The van der Waals surface area contributed by atoms with Gasteiger partial charge in [0.05, 0.1) is 5.69 Å². The first kappa shape index (κ1) is 17.0. The van der Waals surface area contributed by atoms with Crippen LogP contribution in [0.4, 0.5) is 0 Å². The molecule has 0 radical (unpaired) electrons. The van der Waals surface area contributed by atoms with Crippen molar-refractivity contribution in [1.29, 1.82) is 0 Å². The molecule has 2 aromatic rings. The zero-order chi connectivity index (χ0) is 18.3. The highest BCUT2D eigenvalue weighted by molar-refractivity contribution is 5.87. The quantitative estimate of drug-likeness (QED) is 0.823. The normalized spacial score (nSPS) is 21.5. The van der Waals surface area contributed by atoms with Gasteiger partial charge in [-0.05, 0) is 38.7 Å². The van der Waals surface area contributed by atoms with E-state index in [0.717, 1.165) is 50.1 Å². The predicted molar refractivity (Wildman–Crippen MR) is 96.7 cm³/mol. The van der Waals surface area contributed by atoms with Gasteiger partial charge in [-0.15, -0.1) is 0 Å². The first-order chi connectivity index (χ1) is 12.5. The van der Waals surface area contributed by atoms with E-state index in [1.807, 2.05) is 34.7 Å². The van der Waals surface area contributed by atoms with Gasteiger partial charge in [0.2, 0.25) is 11.8 Å². The highest BCUT2D eigenvalue weighted by Gasteiger charge is 2.36. The molecule has 4 rings (SSSR count). The van der Waals surface area contributed by atoms with Crippen LogP contribution in [-0.4, -0.2) is 61.9 Å². The van der Waals surface area contributed by atoms with Gasteiger partial charge in [0.1, 0.15) is 6.04 Å². The lowest BCUT2D eigenvalue weighted by Crippen LogP contribution is -2.49. The molecule has 138 valence electrons. The lowest BCUT2D eigenvalue weighted by molar-refractivity contribution is -0.143. The second-order valence-corrected chi connectivity index (χ2v) is 7.40. The molecule has 0 unspecified atom stereocenters. The highest BCUT2D eigenvalue weighted by atomic mass is 16.2. The van der Waals surface area contributed by atoms with Crippen molar-refractivity contribution in [3.05, 3.63) is 29.7 Å². The third-order valence-electron chi connectivity index (χ3n) is 5.68. The van der Waals surface area contributed by atoms with Crippen LogP contribution in [0.15, 0.2) is 18.3 Å². The van der Waals surface area contributed by atoms with Gasteiger partial charge >= 0.3 is 0 Å². The first-order valence-corrected chi connectivity index (χ1v) is 9.42. The number of aromatic nitrogens is 3. The molecule has 7 nitrogen and oxygen atoms in total. The number of hydrogen-bond acceptors (Lipinski definition) is 4.